The molecule has 1 N–H and O–H groups in total. The Morgan fingerprint density at radius 2 is 1.85 bits per heavy atom. The summed E-state index contributed by atoms with van der Waals surface area (Å²) in [6, 6.07) is 17.0. The van der Waals surface area contributed by atoms with Gasteiger partial charge in [0.25, 0.3) is 5.91 Å². The maximum Gasteiger partial charge on any atom is 0.265 e. The summed E-state index contributed by atoms with van der Waals surface area (Å²) < 4.78 is 11.6. The number of aromatic nitrogens is 1. The van der Waals surface area contributed by atoms with E-state index in [4.69, 9.17) is 9.47 Å². The van der Waals surface area contributed by atoms with Crippen molar-refractivity contribution >= 4 is 44.5 Å². The van der Waals surface area contributed by atoms with Crippen LogP contribution in [0.2, 0.25) is 0 Å². The predicted octanol–water partition coefficient (Wildman–Crippen LogP) is 5.29. The second kappa shape index (κ2) is 7.38. The van der Waals surface area contributed by atoms with Gasteiger partial charge in [-0.1, -0.05) is 12.1 Å². The van der Waals surface area contributed by atoms with Crippen LogP contribution in [0.15, 0.2) is 54.6 Å². The molecule has 2 aromatic heterocycles. The van der Waals surface area contributed by atoms with Gasteiger partial charge in [0, 0.05) is 6.07 Å². The minimum absolute atomic E-state index is 0.184. The van der Waals surface area contributed by atoms with E-state index in [0.717, 1.165) is 20.1 Å². The minimum Gasteiger partial charge on any atom is -0.497 e. The van der Waals surface area contributed by atoms with Crippen LogP contribution in [0.5, 0.6) is 11.5 Å². The lowest BCUT2D eigenvalue weighted by Crippen LogP contribution is -2.11. The van der Waals surface area contributed by atoms with Crippen LogP contribution in [0.4, 0.5) is 5.69 Å². The molecule has 0 radical (unpaired) electrons. The van der Waals surface area contributed by atoms with Crippen LogP contribution in [-0.2, 0) is 0 Å². The van der Waals surface area contributed by atoms with Crippen molar-refractivity contribution in [2.24, 2.45) is 0 Å². The molecule has 0 fully saturated rings. The van der Waals surface area contributed by atoms with Crippen molar-refractivity contribution in [3.05, 3.63) is 59.5 Å². The van der Waals surface area contributed by atoms with Crippen molar-refractivity contribution in [3.8, 4) is 21.4 Å². The first kappa shape index (κ1) is 17.5. The van der Waals surface area contributed by atoms with Crippen LogP contribution in [0.1, 0.15) is 9.67 Å². The number of rotatable bonds is 5. The van der Waals surface area contributed by atoms with Gasteiger partial charge in [0.15, 0.2) is 0 Å². The number of thiophene rings is 1. The molecule has 0 spiro atoms. The van der Waals surface area contributed by atoms with E-state index >= 15 is 0 Å². The molecule has 4 aromatic rings. The predicted molar refractivity (Wildman–Crippen MR) is 110 cm³/mol. The van der Waals surface area contributed by atoms with Crippen molar-refractivity contribution < 1.29 is 14.3 Å². The van der Waals surface area contributed by atoms with E-state index in [-0.39, 0.29) is 5.91 Å². The van der Waals surface area contributed by atoms with E-state index in [1.54, 1.807) is 43.8 Å². The largest absolute Gasteiger partial charge is 0.497 e. The normalized spacial score (nSPS) is 10.7. The van der Waals surface area contributed by atoms with Crippen molar-refractivity contribution in [1.29, 1.82) is 0 Å². The number of methoxy groups -OCH3 is 2. The molecule has 1 amide bonds. The van der Waals surface area contributed by atoms with Crippen molar-refractivity contribution in [2.45, 2.75) is 0 Å². The van der Waals surface area contributed by atoms with Crippen molar-refractivity contribution in [1.82, 2.24) is 4.98 Å². The Morgan fingerprint density at radius 1 is 1.00 bits per heavy atom. The smallest absolute Gasteiger partial charge is 0.265 e. The van der Waals surface area contributed by atoms with Gasteiger partial charge in [0.1, 0.15) is 16.5 Å². The number of amides is 1. The molecule has 0 aliphatic rings. The van der Waals surface area contributed by atoms with Gasteiger partial charge in [0.2, 0.25) is 0 Å². The molecule has 2 heterocycles. The van der Waals surface area contributed by atoms with Crippen LogP contribution < -0.4 is 14.8 Å². The van der Waals surface area contributed by atoms with E-state index in [0.29, 0.717) is 22.1 Å². The van der Waals surface area contributed by atoms with Crippen molar-refractivity contribution in [2.75, 3.05) is 19.5 Å². The van der Waals surface area contributed by atoms with Gasteiger partial charge < -0.3 is 14.8 Å². The fourth-order valence-electron chi connectivity index (χ4n) is 2.64. The number of carbonyl (C=O) groups is 1. The maximum atomic E-state index is 12.6. The van der Waals surface area contributed by atoms with Gasteiger partial charge in [-0.05, 0) is 36.4 Å². The fourth-order valence-corrected chi connectivity index (χ4v) is 4.56. The van der Waals surface area contributed by atoms with E-state index in [1.165, 1.54) is 11.3 Å². The number of nitrogens with one attached hydrogen (secondary N) is 1. The topological polar surface area (TPSA) is 60.5 Å². The Labute approximate surface area is 164 Å². The molecule has 0 aliphatic heterocycles. The quantitative estimate of drug-likeness (QED) is 0.498. The summed E-state index contributed by atoms with van der Waals surface area (Å²) in [6.07, 6.45) is 0. The SMILES string of the molecule is COc1ccc(NC(=O)c2ccc(-c3nc4ccccc4s3)s2)c(OC)c1. The molecule has 5 nitrogen and oxygen atoms in total. The average Bonchev–Trinajstić information content (AvgIpc) is 3.35. The number of fused-ring (bicyclic) bond motifs is 1. The third-order valence-electron chi connectivity index (χ3n) is 3.99. The monoisotopic (exact) mass is 396 g/mol. The van der Waals surface area contributed by atoms with Crippen LogP contribution in [0.25, 0.3) is 20.1 Å². The van der Waals surface area contributed by atoms with E-state index in [2.05, 4.69) is 10.3 Å². The molecule has 136 valence electrons. The number of nitrogens with zero attached hydrogens (tertiary/aromatic N) is 1. The van der Waals surface area contributed by atoms with Crippen LogP contribution in [0.3, 0.4) is 0 Å². The highest BCUT2D eigenvalue weighted by Crippen LogP contribution is 2.35. The molecule has 0 saturated heterocycles. The number of anilines is 1. The highest BCUT2D eigenvalue weighted by molar-refractivity contribution is 7.26. The molecule has 7 heteroatoms. The fraction of sp³-hybridized carbons (Fsp3) is 0.100. The first-order chi connectivity index (χ1) is 13.2. The van der Waals surface area contributed by atoms with Crippen LogP contribution in [0, 0.1) is 0 Å². The lowest BCUT2D eigenvalue weighted by molar-refractivity contribution is 0.103. The van der Waals surface area contributed by atoms with Gasteiger partial charge in [-0.15, -0.1) is 22.7 Å². The molecular weight excluding hydrogens is 380 g/mol. The number of para-hydroxylation sites is 1. The maximum absolute atomic E-state index is 12.6. The number of carbonyl (C=O) groups excluding carboxylic acids is 1. The number of ether oxygens (including phenoxy) is 2. The molecule has 0 saturated carbocycles. The molecule has 0 atom stereocenters. The lowest BCUT2D eigenvalue weighted by atomic mass is 10.2. The zero-order valence-corrected chi connectivity index (χ0v) is 16.3. The molecule has 27 heavy (non-hydrogen) atoms. The van der Waals surface area contributed by atoms with Crippen LogP contribution >= 0.6 is 22.7 Å². The number of thiazole rings is 1. The van der Waals surface area contributed by atoms with Crippen LogP contribution in [-0.4, -0.2) is 25.1 Å². The van der Waals surface area contributed by atoms with E-state index in [9.17, 15) is 4.79 Å². The van der Waals surface area contributed by atoms with E-state index in [1.807, 2.05) is 36.4 Å². The standard InChI is InChI=1S/C20H16N2O3S2/c1-24-12-7-8-13(15(11-12)25-2)21-19(23)17-9-10-18(26-17)20-22-14-5-3-4-6-16(14)27-20/h3-11H,1-2H3,(H,21,23). The number of hydrogen-bond acceptors (Lipinski definition) is 6. The second-order valence-corrected chi connectivity index (χ2v) is 7.79. The molecule has 4 rings (SSSR count). The zero-order chi connectivity index (χ0) is 18.8. The number of hydrogen-bond donors (Lipinski definition) is 1. The minimum atomic E-state index is -0.184. The van der Waals surface area contributed by atoms with Gasteiger partial charge >= 0.3 is 0 Å². The third-order valence-corrected chi connectivity index (χ3v) is 6.28. The molecule has 0 bridgehead atoms. The summed E-state index contributed by atoms with van der Waals surface area (Å²) in [7, 11) is 3.14. The first-order valence-corrected chi connectivity index (χ1v) is 9.80. The second-order valence-electron chi connectivity index (χ2n) is 5.67. The summed E-state index contributed by atoms with van der Waals surface area (Å²) in [4.78, 5) is 18.9. The highest BCUT2D eigenvalue weighted by atomic mass is 32.1. The Balaban J connectivity index is 1.57. The summed E-state index contributed by atoms with van der Waals surface area (Å²) in [6.45, 7) is 0. The molecule has 0 aliphatic carbocycles. The van der Waals surface area contributed by atoms with Gasteiger partial charge in [-0.25, -0.2) is 4.98 Å². The Kier molecular flexibility index (Phi) is 4.79. The molecular formula is C20H16N2O3S2. The lowest BCUT2D eigenvalue weighted by Gasteiger charge is -2.10. The van der Waals surface area contributed by atoms with Gasteiger partial charge in [-0.3, -0.25) is 4.79 Å². The molecule has 2 aromatic carbocycles. The van der Waals surface area contributed by atoms with Crippen molar-refractivity contribution in [3.63, 3.8) is 0 Å². The zero-order valence-electron chi connectivity index (χ0n) is 14.7. The Bertz CT molecular complexity index is 1080. The van der Waals surface area contributed by atoms with Gasteiger partial charge in [-0.2, -0.15) is 0 Å². The molecule has 0 unspecified atom stereocenters. The Hall–Kier alpha value is -2.90. The van der Waals surface area contributed by atoms with E-state index < -0.39 is 0 Å². The Morgan fingerprint density at radius 3 is 2.63 bits per heavy atom. The average molecular weight is 396 g/mol. The third kappa shape index (κ3) is 3.51. The summed E-state index contributed by atoms with van der Waals surface area (Å²) in [5.41, 5.74) is 1.57. The highest BCUT2D eigenvalue weighted by Gasteiger charge is 2.15. The summed E-state index contributed by atoms with van der Waals surface area (Å²) in [5.74, 6) is 1.03. The summed E-state index contributed by atoms with van der Waals surface area (Å²) >= 11 is 3.04. The number of benzene rings is 2. The first-order valence-electron chi connectivity index (χ1n) is 8.17. The summed E-state index contributed by atoms with van der Waals surface area (Å²) in [5, 5.41) is 3.81. The van der Waals surface area contributed by atoms with Gasteiger partial charge in [0.05, 0.1) is 39.9 Å².